The van der Waals surface area contributed by atoms with Crippen LogP contribution < -0.4 is 0 Å². The van der Waals surface area contributed by atoms with Gasteiger partial charge in [0.15, 0.2) is 5.78 Å². The molecule has 0 aliphatic carbocycles. The Balaban J connectivity index is 1.72. The summed E-state index contributed by atoms with van der Waals surface area (Å²) in [6.07, 6.45) is 3.26. The number of nitrogens with zero attached hydrogens (tertiary/aromatic N) is 2. The van der Waals surface area contributed by atoms with Crippen LogP contribution in [0.5, 0.6) is 0 Å². The van der Waals surface area contributed by atoms with Gasteiger partial charge in [0.25, 0.3) is 5.91 Å². The number of pyridine rings is 1. The van der Waals surface area contributed by atoms with Crippen LogP contribution in [-0.4, -0.2) is 28.1 Å². The van der Waals surface area contributed by atoms with Crippen molar-refractivity contribution in [3.8, 4) is 0 Å². The number of piperidine rings is 1. The molecule has 0 radical (unpaired) electrons. The fraction of sp³-hybridized carbons (Fsp3) is 0.125. The van der Waals surface area contributed by atoms with Crippen LogP contribution in [0.15, 0.2) is 90.6 Å². The first-order valence-corrected chi connectivity index (χ1v) is 9.27. The van der Waals surface area contributed by atoms with E-state index in [0.29, 0.717) is 18.8 Å². The minimum Gasteiger partial charge on any atom is -0.333 e. The van der Waals surface area contributed by atoms with Gasteiger partial charge in [0, 0.05) is 19.3 Å². The van der Waals surface area contributed by atoms with Crippen molar-refractivity contribution in [3.63, 3.8) is 0 Å². The van der Waals surface area contributed by atoms with Gasteiger partial charge < -0.3 is 4.90 Å². The number of carbonyl (C=O) groups excluding carboxylic acids is 2. The smallest absolute Gasteiger partial charge is 0.257 e. The van der Waals surface area contributed by atoms with Gasteiger partial charge in [-0.15, -0.1) is 0 Å². The molecule has 0 saturated carbocycles. The summed E-state index contributed by atoms with van der Waals surface area (Å²) in [5.41, 5.74) is 2.75. The van der Waals surface area contributed by atoms with Crippen molar-refractivity contribution >= 4 is 17.8 Å². The Kier molecular flexibility index (Phi) is 5.11. The van der Waals surface area contributed by atoms with Crippen LogP contribution in [-0.2, 0) is 16.1 Å². The van der Waals surface area contributed by atoms with Crippen LogP contribution in [0.25, 0.3) is 6.08 Å². The fourth-order valence-corrected chi connectivity index (χ4v) is 3.47. The number of Topliss-reactive ketones (excluding diaryl/α,β-unsaturated/α-hetero) is 1. The Bertz CT molecular complexity index is 999. The third-order valence-electron chi connectivity index (χ3n) is 4.90. The number of benzene rings is 2. The van der Waals surface area contributed by atoms with Crippen molar-refractivity contribution in [2.24, 2.45) is 0 Å². The summed E-state index contributed by atoms with van der Waals surface area (Å²) in [5.74, 6) is -0.768. The van der Waals surface area contributed by atoms with Crippen LogP contribution in [0, 0.1) is 0 Å². The number of hydrogen-bond donors (Lipinski definition) is 0. The van der Waals surface area contributed by atoms with E-state index in [1.165, 1.54) is 0 Å². The Morgan fingerprint density at radius 2 is 1.57 bits per heavy atom. The zero-order chi connectivity index (χ0) is 19.3. The van der Waals surface area contributed by atoms with Gasteiger partial charge in [-0.1, -0.05) is 66.7 Å². The molecule has 28 heavy (non-hydrogen) atoms. The number of ketones is 1. The van der Waals surface area contributed by atoms with Gasteiger partial charge in [-0.2, -0.15) is 0 Å². The SMILES string of the molecule is O=C1/C(=C/c2ccccn2)C(=O)N(Cc2ccccc2)CC1c1ccccc1. The second kappa shape index (κ2) is 8.01. The lowest BCUT2D eigenvalue weighted by Gasteiger charge is -2.33. The van der Waals surface area contributed by atoms with Gasteiger partial charge in [0.05, 0.1) is 17.2 Å². The van der Waals surface area contributed by atoms with E-state index in [1.54, 1.807) is 29.3 Å². The Morgan fingerprint density at radius 3 is 2.25 bits per heavy atom. The lowest BCUT2D eigenvalue weighted by Crippen LogP contribution is -2.45. The molecule has 4 heteroatoms. The molecule has 1 aliphatic heterocycles. The molecule has 2 aromatic carbocycles. The van der Waals surface area contributed by atoms with Gasteiger partial charge >= 0.3 is 0 Å². The van der Waals surface area contributed by atoms with E-state index >= 15 is 0 Å². The van der Waals surface area contributed by atoms with Crippen LogP contribution in [0.4, 0.5) is 0 Å². The highest BCUT2D eigenvalue weighted by atomic mass is 16.2. The Labute approximate surface area is 164 Å². The topological polar surface area (TPSA) is 50.3 Å². The normalized spacial score (nSPS) is 18.5. The lowest BCUT2D eigenvalue weighted by atomic mass is 9.85. The zero-order valence-corrected chi connectivity index (χ0v) is 15.4. The van der Waals surface area contributed by atoms with Crippen LogP contribution in [0.2, 0.25) is 0 Å². The van der Waals surface area contributed by atoms with Crippen molar-refractivity contribution in [1.29, 1.82) is 0 Å². The third kappa shape index (κ3) is 3.76. The van der Waals surface area contributed by atoms with Crippen molar-refractivity contribution in [2.75, 3.05) is 6.54 Å². The van der Waals surface area contributed by atoms with Gasteiger partial charge in [0.1, 0.15) is 0 Å². The van der Waals surface area contributed by atoms with Crippen molar-refractivity contribution in [1.82, 2.24) is 9.88 Å². The number of rotatable bonds is 4. The number of hydrogen-bond acceptors (Lipinski definition) is 3. The molecule has 1 aliphatic rings. The first-order valence-electron chi connectivity index (χ1n) is 9.27. The predicted molar refractivity (Wildman–Crippen MR) is 108 cm³/mol. The highest BCUT2D eigenvalue weighted by Crippen LogP contribution is 2.29. The summed E-state index contributed by atoms with van der Waals surface area (Å²) in [6.45, 7) is 0.839. The molecule has 2 heterocycles. The molecule has 0 spiro atoms. The number of amides is 1. The van der Waals surface area contributed by atoms with E-state index in [0.717, 1.165) is 11.1 Å². The Hall–Kier alpha value is -3.53. The summed E-state index contributed by atoms with van der Waals surface area (Å²) in [4.78, 5) is 32.3. The molecule has 1 aromatic heterocycles. The number of carbonyl (C=O) groups is 2. The van der Waals surface area contributed by atoms with E-state index in [9.17, 15) is 9.59 Å². The van der Waals surface area contributed by atoms with Crippen molar-refractivity contribution < 1.29 is 9.59 Å². The minimum absolute atomic E-state index is 0.147. The van der Waals surface area contributed by atoms with Gasteiger partial charge in [0.2, 0.25) is 0 Å². The molecule has 0 bridgehead atoms. The second-order valence-electron chi connectivity index (χ2n) is 6.81. The first kappa shape index (κ1) is 17.9. The molecular formula is C24H20N2O2. The zero-order valence-electron chi connectivity index (χ0n) is 15.4. The average Bonchev–Trinajstić information content (AvgIpc) is 2.75. The fourth-order valence-electron chi connectivity index (χ4n) is 3.47. The van der Waals surface area contributed by atoms with E-state index in [2.05, 4.69) is 4.98 Å². The van der Waals surface area contributed by atoms with E-state index in [1.807, 2.05) is 66.7 Å². The molecule has 4 rings (SSSR count). The van der Waals surface area contributed by atoms with E-state index in [-0.39, 0.29) is 23.2 Å². The van der Waals surface area contributed by atoms with Gasteiger partial charge in [-0.3, -0.25) is 14.6 Å². The highest BCUT2D eigenvalue weighted by molar-refractivity contribution is 6.25. The molecule has 0 N–H and O–H groups in total. The molecule has 1 atom stereocenters. The molecule has 1 saturated heterocycles. The molecule has 4 nitrogen and oxygen atoms in total. The monoisotopic (exact) mass is 368 g/mol. The average molecular weight is 368 g/mol. The summed E-state index contributed by atoms with van der Waals surface area (Å²) < 4.78 is 0. The van der Waals surface area contributed by atoms with Gasteiger partial charge in [-0.25, -0.2) is 0 Å². The molecule has 1 unspecified atom stereocenters. The van der Waals surface area contributed by atoms with Crippen molar-refractivity contribution in [3.05, 3.63) is 107 Å². The summed E-state index contributed by atoms with van der Waals surface area (Å²) in [5, 5.41) is 0. The molecule has 1 fully saturated rings. The Morgan fingerprint density at radius 1 is 0.893 bits per heavy atom. The predicted octanol–water partition coefficient (Wildman–Crippen LogP) is 3.86. The van der Waals surface area contributed by atoms with Crippen molar-refractivity contribution in [2.45, 2.75) is 12.5 Å². The maximum atomic E-state index is 13.2. The summed E-state index contributed by atoms with van der Waals surface area (Å²) >= 11 is 0. The van der Waals surface area contributed by atoms with E-state index in [4.69, 9.17) is 0 Å². The molecule has 138 valence electrons. The van der Waals surface area contributed by atoms with Crippen LogP contribution >= 0.6 is 0 Å². The maximum absolute atomic E-state index is 13.2. The first-order chi connectivity index (χ1) is 13.7. The largest absolute Gasteiger partial charge is 0.333 e. The summed E-state index contributed by atoms with van der Waals surface area (Å²) in [7, 11) is 0. The lowest BCUT2D eigenvalue weighted by molar-refractivity contribution is -0.134. The third-order valence-corrected chi connectivity index (χ3v) is 4.90. The second-order valence-corrected chi connectivity index (χ2v) is 6.81. The maximum Gasteiger partial charge on any atom is 0.257 e. The number of aromatic nitrogens is 1. The quantitative estimate of drug-likeness (QED) is 0.519. The molecule has 3 aromatic rings. The standard InChI is InChI=1S/C24H20N2O2/c27-23-21(15-20-13-7-8-14-25-20)24(28)26(16-18-9-3-1-4-10-18)17-22(23)19-11-5-2-6-12-19/h1-15,22H,16-17H2/b21-15-. The van der Waals surface area contributed by atoms with Gasteiger partial charge in [-0.05, 0) is 29.3 Å². The minimum atomic E-state index is -0.377. The van der Waals surface area contributed by atoms with Crippen LogP contribution in [0.3, 0.4) is 0 Å². The van der Waals surface area contributed by atoms with E-state index < -0.39 is 0 Å². The molecule has 1 amide bonds. The van der Waals surface area contributed by atoms with Crippen LogP contribution in [0.1, 0.15) is 22.7 Å². The highest BCUT2D eigenvalue weighted by Gasteiger charge is 2.37. The molecular weight excluding hydrogens is 348 g/mol. The summed E-state index contributed by atoms with van der Waals surface area (Å²) in [6, 6.07) is 24.9. The number of likely N-dealkylation sites (tertiary alicyclic amines) is 1.